The molecule has 3 N–H and O–H groups in total. The molecule has 1 fully saturated rings. The summed E-state index contributed by atoms with van der Waals surface area (Å²) in [6.07, 6.45) is 3.21. The van der Waals surface area contributed by atoms with Crippen LogP contribution in [0.3, 0.4) is 0 Å². The van der Waals surface area contributed by atoms with Gasteiger partial charge < -0.3 is 10.6 Å². The van der Waals surface area contributed by atoms with Gasteiger partial charge in [-0.05, 0) is 32.9 Å². The Balaban J connectivity index is 1.78. The van der Waals surface area contributed by atoms with Gasteiger partial charge in [0, 0.05) is 12.5 Å². The van der Waals surface area contributed by atoms with Gasteiger partial charge in [0.05, 0.1) is 0 Å². The van der Waals surface area contributed by atoms with Crippen molar-refractivity contribution in [2.24, 2.45) is 0 Å². The molecule has 2 rings (SSSR count). The van der Waals surface area contributed by atoms with Crippen molar-refractivity contribution in [3.05, 3.63) is 11.6 Å². The van der Waals surface area contributed by atoms with Crippen LogP contribution >= 0.6 is 0 Å². The molecule has 0 aromatic carbocycles. The minimum atomic E-state index is -0.195. The van der Waals surface area contributed by atoms with Gasteiger partial charge in [0.15, 0.2) is 0 Å². The zero-order chi connectivity index (χ0) is 11.4. The second-order valence-corrected chi connectivity index (χ2v) is 4.03. The smallest absolute Gasteiger partial charge is 0.290 e. The summed E-state index contributed by atoms with van der Waals surface area (Å²) in [5.41, 5.74) is 0. The van der Waals surface area contributed by atoms with Gasteiger partial charge in [-0.2, -0.15) is 0 Å². The minimum Gasteiger partial charge on any atom is -0.349 e. The number of hydrogen-bond donors (Lipinski definition) is 3. The van der Waals surface area contributed by atoms with E-state index in [1.165, 1.54) is 0 Å². The van der Waals surface area contributed by atoms with Crippen LogP contribution in [0, 0.1) is 0 Å². The van der Waals surface area contributed by atoms with Crippen molar-refractivity contribution in [1.29, 1.82) is 0 Å². The van der Waals surface area contributed by atoms with Gasteiger partial charge in [-0.15, -0.1) is 5.10 Å². The summed E-state index contributed by atoms with van der Waals surface area (Å²) in [5.74, 6) is 1.41. The summed E-state index contributed by atoms with van der Waals surface area (Å²) in [6, 6.07) is 0. The van der Waals surface area contributed by atoms with Crippen LogP contribution in [-0.2, 0) is 0 Å². The molecule has 0 atom stereocenters. The number of aromatic nitrogens is 3. The molecule has 0 bridgehead atoms. The molecule has 0 saturated heterocycles. The Morgan fingerprint density at radius 3 is 3.00 bits per heavy atom. The van der Waals surface area contributed by atoms with E-state index < -0.39 is 0 Å². The van der Waals surface area contributed by atoms with E-state index >= 15 is 0 Å². The van der Waals surface area contributed by atoms with Crippen molar-refractivity contribution in [2.75, 3.05) is 20.1 Å². The molecule has 1 aromatic rings. The van der Waals surface area contributed by atoms with E-state index in [0.717, 1.165) is 31.6 Å². The Kier molecular flexibility index (Phi) is 3.51. The van der Waals surface area contributed by atoms with E-state index in [0.29, 0.717) is 12.5 Å². The fraction of sp³-hybridized carbons (Fsp3) is 0.700. The minimum absolute atomic E-state index is 0.195. The average molecular weight is 223 g/mol. The highest BCUT2D eigenvalue weighted by molar-refractivity contribution is 5.90. The summed E-state index contributed by atoms with van der Waals surface area (Å²) < 4.78 is 0. The first-order valence-electron chi connectivity index (χ1n) is 5.66. The van der Waals surface area contributed by atoms with E-state index in [2.05, 4.69) is 25.8 Å². The monoisotopic (exact) mass is 223 g/mol. The maximum absolute atomic E-state index is 11.6. The highest BCUT2D eigenvalue weighted by Crippen LogP contribution is 2.37. The number of H-pyrrole nitrogens is 1. The molecule has 88 valence electrons. The van der Waals surface area contributed by atoms with Crippen LogP contribution in [0.5, 0.6) is 0 Å². The molecular formula is C10H17N5O. The predicted molar refractivity (Wildman–Crippen MR) is 59.2 cm³/mol. The molecule has 0 unspecified atom stereocenters. The van der Waals surface area contributed by atoms with Crippen molar-refractivity contribution in [3.8, 4) is 0 Å². The zero-order valence-corrected chi connectivity index (χ0v) is 9.42. The number of nitrogens with zero attached hydrogens (tertiary/aromatic N) is 2. The van der Waals surface area contributed by atoms with Crippen LogP contribution in [0.2, 0.25) is 0 Å². The second kappa shape index (κ2) is 5.07. The van der Waals surface area contributed by atoms with Gasteiger partial charge in [0.2, 0.25) is 5.82 Å². The Morgan fingerprint density at radius 1 is 1.50 bits per heavy atom. The highest BCUT2D eigenvalue weighted by atomic mass is 16.2. The SMILES string of the molecule is CNCCCNC(=O)c1n[nH]c(C2CC2)n1. The van der Waals surface area contributed by atoms with E-state index in [1.807, 2.05) is 7.05 Å². The van der Waals surface area contributed by atoms with Gasteiger partial charge >= 0.3 is 0 Å². The Hall–Kier alpha value is -1.43. The standard InChI is InChI=1S/C10H17N5O/c1-11-5-2-6-12-10(16)9-13-8(14-15-9)7-3-4-7/h7,11H,2-6H2,1H3,(H,12,16)(H,13,14,15). The molecule has 0 aliphatic heterocycles. The molecule has 16 heavy (non-hydrogen) atoms. The van der Waals surface area contributed by atoms with Crippen LogP contribution < -0.4 is 10.6 Å². The van der Waals surface area contributed by atoms with Crippen LogP contribution in [0.25, 0.3) is 0 Å². The Labute approximate surface area is 94.2 Å². The van der Waals surface area contributed by atoms with Gasteiger partial charge in [-0.1, -0.05) is 0 Å². The number of hydrogen-bond acceptors (Lipinski definition) is 4. The molecule has 1 aliphatic rings. The Bertz CT molecular complexity index is 358. The van der Waals surface area contributed by atoms with E-state index in [4.69, 9.17) is 0 Å². The lowest BCUT2D eigenvalue weighted by Gasteiger charge is -2.01. The fourth-order valence-corrected chi connectivity index (χ4v) is 1.46. The van der Waals surface area contributed by atoms with Crippen molar-refractivity contribution in [3.63, 3.8) is 0 Å². The number of carbonyl (C=O) groups excluding carboxylic acids is 1. The van der Waals surface area contributed by atoms with Gasteiger partial charge in [0.25, 0.3) is 5.91 Å². The number of amides is 1. The van der Waals surface area contributed by atoms with Gasteiger partial charge in [-0.3, -0.25) is 9.89 Å². The number of carbonyl (C=O) groups is 1. The molecule has 1 saturated carbocycles. The fourth-order valence-electron chi connectivity index (χ4n) is 1.46. The number of nitrogens with one attached hydrogen (secondary N) is 3. The summed E-state index contributed by atoms with van der Waals surface area (Å²) in [7, 11) is 1.89. The van der Waals surface area contributed by atoms with E-state index in [9.17, 15) is 4.79 Å². The first kappa shape index (κ1) is 11.1. The molecule has 1 amide bonds. The van der Waals surface area contributed by atoms with Crippen molar-refractivity contribution < 1.29 is 4.79 Å². The van der Waals surface area contributed by atoms with E-state index in [-0.39, 0.29) is 11.7 Å². The van der Waals surface area contributed by atoms with Crippen LogP contribution in [0.15, 0.2) is 0 Å². The van der Waals surface area contributed by atoms with Crippen LogP contribution in [0.1, 0.15) is 41.6 Å². The molecule has 1 aliphatic carbocycles. The summed E-state index contributed by atoms with van der Waals surface area (Å²) >= 11 is 0. The largest absolute Gasteiger partial charge is 0.349 e. The summed E-state index contributed by atoms with van der Waals surface area (Å²) in [6.45, 7) is 1.54. The van der Waals surface area contributed by atoms with Crippen molar-refractivity contribution in [1.82, 2.24) is 25.8 Å². The number of aromatic amines is 1. The first-order valence-corrected chi connectivity index (χ1v) is 5.66. The van der Waals surface area contributed by atoms with Crippen LogP contribution in [-0.4, -0.2) is 41.2 Å². The lowest BCUT2D eigenvalue weighted by Crippen LogP contribution is -2.27. The maximum atomic E-state index is 11.6. The molecule has 0 radical (unpaired) electrons. The number of rotatable bonds is 6. The van der Waals surface area contributed by atoms with E-state index in [1.54, 1.807) is 0 Å². The first-order chi connectivity index (χ1) is 7.81. The molecule has 1 aromatic heterocycles. The van der Waals surface area contributed by atoms with Crippen molar-refractivity contribution in [2.45, 2.75) is 25.2 Å². The quantitative estimate of drug-likeness (QED) is 0.594. The third-order valence-electron chi connectivity index (χ3n) is 2.56. The normalized spacial score (nSPS) is 15.1. The van der Waals surface area contributed by atoms with Crippen molar-refractivity contribution >= 4 is 5.91 Å². The van der Waals surface area contributed by atoms with Crippen LogP contribution in [0.4, 0.5) is 0 Å². The molecule has 0 spiro atoms. The Morgan fingerprint density at radius 2 is 2.31 bits per heavy atom. The second-order valence-electron chi connectivity index (χ2n) is 4.03. The molecular weight excluding hydrogens is 206 g/mol. The van der Waals surface area contributed by atoms with Gasteiger partial charge in [-0.25, -0.2) is 4.98 Å². The van der Waals surface area contributed by atoms with Gasteiger partial charge in [0.1, 0.15) is 5.82 Å². The molecule has 1 heterocycles. The summed E-state index contributed by atoms with van der Waals surface area (Å²) in [4.78, 5) is 15.8. The zero-order valence-electron chi connectivity index (χ0n) is 9.42. The average Bonchev–Trinajstić information content (AvgIpc) is 3.02. The molecule has 6 heteroatoms. The highest BCUT2D eigenvalue weighted by Gasteiger charge is 2.28. The lowest BCUT2D eigenvalue weighted by atomic mass is 10.4. The predicted octanol–water partition coefficient (Wildman–Crippen LogP) is 0.0214. The summed E-state index contributed by atoms with van der Waals surface area (Å²) in [5, 5.41) is 12.5. The third-order valence-corrected chi connectivity index (χ3v) is 2.56. The lowest BCUT2D eigenvalue weighted by molar-refractivity contribution is 0.0943. The maximum Gasteiger partial charge on any atom is 0.290 e. The third kappa shape index (κ3) is 2.79. The topological polar surface area (TPSA) is 82.7 Å². The molecule has 6 nitrogen and oxygen atoms in total.